The fourth-order valence-electron chi connectivity index (χ4n) is 3.70. The van der Waals surface area contributed by atoms with Crippen LogP contribution in [0, 0.1) is 0 Å². The summed E-state index contributed by atoms with van der Waals surface area (Å²) < 4.78 is 13.0. The minimum atomic E-state index is 0.664. The molecule has 0 aliphatic heterocycles. The van der Waals surface area contributed by atoms with Crippen LogP contribution in [0.2, 0.25) is 0 Å². The second-order valence-corrected chi connectivity index (χ2v) is 6.68. The van der Waals surface area contributed by atoms with E-state index in [4.69, 9.17) is 19.4 Å². The quantitative estimate of drug-likeness (QED) is 0.456. The van der Waals surface area contributed by atoms with Gasteiger partial charge < -0.3 is 14.0 Å². The second-order valence-electron chi connectivity index (χ2n) is 6.68. The minimum absolute atomic E-state index is 0.664. The molecule has 0 amide bonds. The Hall–Kier alpha value is -3.60. The van der Waals surface area contributed by atoms with Crippen LogP contribution in [0.5, 0.6) is 11.5 Å². The number of para-hydroxylation sites is 3. The highest BCUT2D eigenvalue weighted by atomic mass is 16.5. The molecule has 5 aromatic rings. The van der Waals surface area contributed by atoms with Gasteiger partial charge in [0, 0.05) is 11.9 Å². The number of methoxy groups -OCH3 is 2. The maximum atomic E-state index is 5.47. The van der Waals surface area contributed by atoms with Crippen molar-refractivity contribution in [2.24, 2.45) is 0 Å². The molecular formula is C23H19N3O2. The van der Waals surface area contributed by atoms with Crippen molar-refractivity contribution < 1.29 is 9.47 Å². The molecule has 0 aliphatic carbocycles. The van der Waals surface area contributed by atoms with Gasteiger partial charge in [-0.15, -0.1) is 0 Å². The summed E-state index contributed by atoms with van der Waals surface area (Å²) in [5.74, 6) is 1.44. The van der Waals surface area contributed by atoms with Gasteiger partial charge in [0.05, 0.1) is 30.8 Å². The molecular weight excluding hydrogens is 350 g/mol. The van der Waals surface area contributed by atoms with Gasteiger partial charge in [-0.25, -0.2) is 9.97 Å². The predicted molar refractivity (Wildman–Crippen MR) is 111 cm³/mol. The minimum Gasteiger partial charge on any atom is -0.493 e. The molecule has 0 unspecified atom stereocenters. The zero-order chi connectivity index (χ0) is 19.1. The van der Waals surface area contributed by atoms with Gasteiger partial charge >= 0.3 is 0 Å². The monoisotopic (exact) mass is 369 g/mol. The van der Waals surface area contributed by atoms with Crippen molar-refractivity contribution in [2.75, 3.05) is 14.2 Å². The number of rotatable bonds is 4. The molecule has 28 heavy (non-hydrogen) atoms. The standard InChI is InChI=1S/C23H19N3O2/c1-27-20-12-11-15(13-21(20)28-2)14-26-19-10-6-3-7-16(19)22-23(26)25-18-9-5-4-8-17(18)24-22/h3-13H,14H2,1-2H3. The van der Waals surface area contributed by atoms with Gasteiger partial charge in [0.25, 0.3) is 0 Å². The fourth-order valence-corrected chi connectivity index (χ4v) is 3.70. The molecule has 138 valence electrons. The van der Waals surface area contributed by atoms with Crippen molar-refractivity contribution in [3.05, 3.63) is 72.3 Å². The lowest BCUT2D eigenvalue weighted by atomic mass is 10.2. The molecule has 5 nitrogen and oxygen atoms in total. The lowest BCUT2D eigenvalue weighted by Gasteiger charge is -2.11. The normalized spacial score (nSPS) is 11.4. The average molecular weight is 369 g/mol. The first kappa shape index (κ1) is 16.6. The summed E-state index contributed by atoms with van der Waals surface area (Å²) in [5, 5.41) is 1.11. The molecule has 0 spiro atoms. The zero-order valence-corrected chi connectivity index (χ0v) is 15.7. The SMILES string of the molecule is COc1ccc(Cn2c3ccccc3c3nc4ccccc4nc32)cc1OC. The summed E-state index contributed by atoms with van der Waals surface area (Å²) in [6.45, 7) is 0.664. The Morgan fingerprint density at radius 3 is 2.29 bits per heavy atom. The molecule has 5 heteroatoms. The number of aromatic nitrogens is 3. The summed E-state index contributed by atoms with van der Waals surface area (Å²) in [6, 6.07) is 22.3. The third-order valence-electron chi connectivity index (χ3n) is 5.05. The van der Waals surface area contributed by atoms with Gasteiger partial charge in [-0.3, -0.25) is 0 Å². The van der Waals surface area contributed by atoms with Crippen LogP contribution in [0.3, 0.4) is 0 Å². The van der Waals surface area contributed by atoms with Crippen LogP contribution in [0.15, 0.2) is 66.7 Å². The van der Waals surface area contributed by atoms with Crippen LogP contribution in [0.25, 0.3) is 33.1 Å². The molecule has 0 saturated heterocycles. The van der Waals surface area contributed by atoms with Gasteiger partial charge in [0.15, 0.2) is 17.1 Å². The van der Waals surface area contributed by atoms with Crippen molar-refractivity contribution >= 4 is 33.1 Å². The van der Waals surface area contributed by atoms with E-state index in [0.717, 1.165) is 50.2 Å². The predicted octanol–water partition coefficient (Wildman–Crippen LogP) is 4.80. The van der Waals surface area contributed by atoms with Crippen LogP contribution < -0.4 is 9.47 Å². The molecule has 0 N–H and O–H groups in total. The van der Waals surface area contributed by atoms with E-state index in [1.807, 2.05) is 48.5 Å². The number of fused-ring (bicyclic) bond motifs is 4. The van der Waals surface area contributed by atoms with E-state index < -0.39 is 0 Å². The Bertz CT molecular complexity index is 1320. The van der Waals surface area contributed by atoms with Crippen LogP contribution in [0.4, 0.5) is 0 Å². The van der Waals surface area contributed by atoms with E-state index in [0.29, 0.717) is 6.54 Å². The number of benzene rings is 3. The van der Waals surface area contributed by atoms with E-state index in [-0.39, 0.29) is 0 Å². The smallest absolute Gasteiger partial charge is 0.161 e. The van der Waals surface area contributed by atoms with Crippen LogP contribution >= 0.6 is 0 Å². The summed E-state index contributed by atoms with van der Waals surface area (Å²) in [4.78, 5) is 9.83. The molecule has 0 saturated carbocycles. The lowest BCUT2D eigenvalue weighted by molar-refractivity contribution is 0.354. The first-order valence-electron chi connectivity index (χ1n) is 9.13. The Morgan fingerprint density at radius 2 is 1.50 bits per heavy atom. The number of ether oxygens (including phenoxy) is 2. The molecule has 0 aliphatic rings. The average Bonchev–Trinajstić information content (AvgIpc) is 3.05. The topological polar surface area (TPSA) is 49.2 Å². The Labute approximate surface area is 162 Å². The largest absolute Gasteiger partial charge is 0.493 e. The summed E-state index contributed by atoms with van der Waals surface area (Å²) in [7, 11) is 3.30. The summed E-state index contributed by atoms with van der Waals surface area (Å²) >= 11 is 0. The van der Waals surface area contributed by atoms with E-state index in [2.05, 4.69) is 22.8 Å². The first-order chi connectivity index (χ1) is 13.8. The molecule has 0 radical (unpaired) electrons. The highest BCUT2D eigenvalue weighted by molar-refractivity contribution is 6.06. The molecule has 2 heterocycles. The molecule has 5 rings (SSSR count). The van der Waals surface area contributed by atoms with Gasteiger partial charge in [-0.05, 0) is 35.9 Å². The first-order valence-corrected chi connectivity index (χ1v) is 9.13. The lowest BCUT2D eigenvalue weighted by Crippen LogP contribution is -2.02. The third kappa shape index (κ3) is 2.55. The van der Waals surface area contributed by atoms with Crippen LogP contribution in [-0.4, -0.2) is 28.8 Å². The summed E-state index contributed by atoms with van der Waals surface area (Å²) in [5.41, 5.74) is 5.83. The Kier molecular flexibility index (Phi) is 3.86. The van der Waals surface area contributed by atoms with E-state index in [1.54, 1.807) is 14.2 Å². The fraction of sp³-hybridized carbons (Fsp3) is 0.130. The van der Waals surface area contributed by atoms with Gasteiger partial charge in [0.1, 0.15) is 5.52 Å². The van der Waals surface area contributed by atoms with Crippen molar-refractivity contribution in [3.8, 4) is 11.5 Å². The van der Waals surface area contributed by atoms with Gasteiger partial charge in [-0.1, -0.05) is 36.4 Å². The number of hydrogen-bond acceptors (Lipinski definition) is 4. The molecule has 0 fully saturated rings. The highest BCUT2D eigenvalue weighted by Crippen LogP contribution is 2.31. The number of nitrogens with zero attached hydrogens (tertiary/aromatic N) is 3. The van der Waals surface area contributed by atoms with Crippen molar-refractivity contribution in [1.82, 2.24) is 14.5 Å². The van der Waals surface area contributed by atoms with Crippen molar-refractivity contribution in [1.29, 1.82) is 0 Å². The second kappa shape index (κ2) is 6.53. The van der Waals surface area contributed by atoms with E-state index in [1.165, 1.54) is 0 Å². The van der Waals surface area contributed by atoms with E-state index in [9.17, 15) is 0 Å². The molecule has 2 aromatic heterocycles. The zero-order valence-electron chi connectivity index (χ0n) is 15.7. The maximum Gasteiger partial charge on any atom is 0.161 e. The van der Waals surface area contributed by atoms with Crippen molar-refractivity contribution in [3.63, 3.8) is 0 Å². The molecule has 3 aromatic carbocycles. The van der Waals surface area contributed by atoms with Crippen LogP contribution in [0.1, 0.15) is 5.56 Å². The van der Waals surface area contributed by atoms with E-state index >= 15 is 0 Å². The highest BCUT2D eigenvalue weighted by Gasteiger charge is 2.15. The summed E-state index contributed by atoms with van der Waals surface area (Å²) in [6.07, 6.45) is 0. The van der Waals surface area contributed by atoms with Gasteiger partial charge in [0.2, 0.25) is 0 Å². The molecule has 0 atom stereocenters. The Balaban J connectivity index is 1.74. The van der Waals surface area contributed by atoms with Crippen molar-refractivity contribution in [2.45, 2.75) is 6.54 Å². The Morgan fingerprint density at radius 1 is 0.786 bits per heavy atom. The van der Waals surface area contributed by atoms with Crippen LogP contribution in [-0.2, 0) is 6.54 Å². The molecule has 0 bridgehead atoms. The third-order valence-corrected chi connectivity index (χ3v) is 5.05. The maximum absolute atomic E-state index is 5.47. The number of hydrogen-bond donors (Lipinski definition) is 0. The van der Waals surface area contributed by atoms with Gasteiger partial charge in [-0.2, -0.15) is 0 Å².